The number of aromatic nitrogens is 1. The molecule has 2 N–H and O–H groups in total. The van der Waals surface area contributed by atoms with E-state index in [1.54, 1.807) is 19.3 Å². The van der Waals surface area contributed by atoms with Gasteiger partial charge in [0.2, 0.25) is 0 Å². The number of anilines is 1. The molecule has 4 nitrogen and oxygen atoms in total. The minimum absolute atomic E-state index is 0.191. The lowest BCUT2D eigenvalue weighted by molar-refractivity contribution is 0.0954. The maximum absolute atomic E-state index is 13.1. The lowest BCUT2D eigenvalue weighted by Gasteiger charge is -2.10. The van der Waals surface area contributed by atoms with Gasteiger partial charge in [0.1, 0.15) is 5.82 Å². The number of amides is 1. The SMILES string of the molecule is CNc1cc(C)ncc1C(=O)NCCc1cccc(F)c1. The van der Waals surface area contributed by atoms with Crippen LogP contribution in [0, 0.1) is 12.7 Å². The Labute approximate surface area is 123 Å². The fraction of sp³-hybridized carbons (Fsp3) is 0.250. The Morgan fingerprint density at radius 3 is 2.86 bits per heavy atom. The molecular formula is C16H18FN3O. The third-order valence-corrected chi connectivity index (χ3v) is 3.14. The predicted octanol–water partition coefficient (Wildman–Crippen LogP) is 2.54. The Hall–Kier alpha value is -2.43. The molecule has 1 aromatic heterocycles. The fourth-order valence-corrected chi connectivity index (χ4v) is 2.06. The van der Waals surface area contributed by atoms with Crippen LogP contribution in [0.5, 0.6) is 0 Å². The van der Waals surface area contributed by atoms with Crippen molar-refractivity contribution in [2.24, 2.45) is 0 Å². The molecule has 0 saturated heterocycles. The van der Waals surface area contributed by atoms with Crippen LogP contribution < -0.4 is 10.6 Å². The van der Waals surface area contributed by atoms with E-state index in [-0.39, 0.29) is 11.7 Å². The van der Waals surface area contributed by atoms with Gasteiger partial charge in [0.25, 0.3) is 5.91 Å². The third-order valence-electron chi connectivity index (χ3n) is 3.14. The van der Waals surface area contributed by atoms with Gasteiger partial charge in [-0.15, -0.1) is 0 Å². The van der Waals surface area contributed by atoms with Crippen LogP contribution in [0.25, 0.3) is 0 Å². The Bertz CT molecular complexity index is 643. The standard InChI is InChI=1S/C16H18FN3O/c1-11-8-15(18-2)14(10-20-11)16(21)19-7-6-12-4-3-5-13(17)9-12/h3-5,8-10H,6-7H2,1-2H3,(H,18,20)(H,19,21). The molecule has 2 rings (SSSR count). The topological polar surface area (TPSA) is 54.0 Å². The molecule has 0 aliphatic carbocycles. The maximum Gasteiger partial charge on any atom is 0.254 e. The summed E-state index contributed by atoms with van der Waals surface area (Å²) in [5, 5.41) is 5.80. The van der Waals surface area contributed by atoms with Gasteiger partial charge in [0.05, 0.1) is 11.3 Å². The van der Waals surface area contributed by atoms with Crippen molar-refractivity contribution in [2.75, 3.05) is 18.9 Å². The van der Waals surface area contributed by atoms with Crippen LogP contribution in [0.3, 0.4) is 0 Å². The quantitative estimate of drug-likeness (QED) is 0.888. The first-order valence-electron chi connectivity index (χ1n) is 6.77. The molecule has 21 heavy (non-hydrogen) atoms. The normalized spacial score (nSPS) is 10.2. The van der Waals surface area contributed by atoms with Crippen LogP contribution >= 0.6 is 0 Å². The smallest absolute Gasteiger partial charge is 0.254 e. The highest BCUT2D eigenvalue weighted by Gasteiger charge is 2.11. The summed E-state index contributed by atoms with van der Waals surface area (Å²) >= 11 is 0. The summed E-state index contributed by atoms with van der Waals surface area (Å²) in [6.45, 7) is 2.31. The van der Waals surface area contributed by atoms with E-state index in [2.05, 4.69) is 15.6 Å². The van der Waals surface area contributed by atoms with Gasteiger partial charge in [0, 0.05) is 25.5 Å². The molecule has 0 atom stereocenters. The molecule has 5 heteroatoms. The van der Waals surface area contributed by atoms with Crippen molar-refractivity contribution in [1.82, 2.24) is 10.3 Å². The van der Waals surface area contributed by atoms with E-state index in [9.17, 15) is 9.18 Å². The van der Waals surface area contributed by atoms with E-state index in [1.165, 1.54) is 12.1 Å². The number of nitrogens with one attached hydrogen (secondary N) is 2. The number of aryl methyl sites for hydroxylation is 1. The monoisotopic (exact) mass is 287 g/mol. The van der Waals surface area contributed by atoms with Gasteiger partial charge in [-0.1, -0.05) is 12.1 Å². The summed E-state index contributed by atoms with van der Waals surface area (Å²) in [7, 11) is 1.76. The van der Waals surface area contributed by atoms with E-state index in [4.69, 9.17) is 0 Å². The highest BCUT2D eigenvalue weighted by molar-refractivity contribution is 5.99. The number of nitrogens with zero attached hydrogens (tertiary/aromatic N) is 1. The molecule has 0 aliphatic heterocycles. The van der Waals surface area contributed by atoms with Gasteiger partial charge in [-0.3, -0.25) is 9.78 Å². The molecule has 0 radical (unpaired) electrons. The predicted molar refractivity (Wildman–Crippen MR) is 81.0 cm³/mol. The summed E-state index contributed by atoms with van der Waals surface area (Å²) in [4.78, 5) is 16.3. The van der Waals surface area contributed by atoms with Gasteiger partial charge in [-0.2, -0.15) is 0 Å². The Balaban J connectivity index is 1.96. The highest BCUT2D eigenvalue weighted by atomic mass is 19.1. The van der Waals surface area contributed by atoms with E-state index < -0.39 is 0 Å². The largest absolute Gasteiger partial charge is 0.387 e. The van der Waals surface area contributed by atoms with E-state index in [1.807, 2.05) is 19.1 Å². The second-order valence-corrected chi connectivity index (χ2v) is 4.76. The number of carbonyl (C=O) groups excluding carboxylic acids is 1. The molecule has 0 unspecified atom stereocenters. The van der Waals surface area contributed by atoms with E-state index in [0.29, 0.717) is 18.5 Å². The number of hydrogen-bond acceptors (Lipinski definition) is 3. The average Bonchev–Trinajstić information content (AvgIpc) is 2.47. The van der Waals surface area contributed by atoms with Crippen LogP contribution in [0.1, 0.15) is 21.6 Å². The molecule has 2 aromatic rings. The Kier molecular flexibility index (Phi) is 4.87. The highest BCUT2D eigenvalue weighted by Crippen LogP contribution is 2.14. The molecule has 1 aromatic carbocycles. The first-order valence-corrected chi connectivity index (χ1v) is 6.77. The number of pyridine rings is 1. The lowest BCUT2D eigenvalue weighted by Crippen LogP contribution is -2.26. The van der Waals surface area contributed by atoms with Gasteiger partial charge in [0.15, 0.2) is 0 Å². The average molecular weight is 287 g/mol. The van der Waals surface area contributed by atoms with Crippen molar-refractivity contribution >= 4 is 11.6 Å². The molecule has 1 heterocycles. The van der Waals surface area contributed by atoms with Gasteiger partial charge >= 0.3 is 0 Å². The molecule has 0 fully saturated rings. The van der Waals surface area contributed by atoms with Gasteiger partial charge < -0.3 is 10.6 Å². The number of carbonyl (C=O) groups is 1. The van der Waals surface area contributed by atoms with E-state index >= 15 is 0 Å². The zero-order valence-corrected chi connectivity index (χ0v) is 12.1. The van der Waals surface area contributed by atoms with Crippen LogP contribution in [-0.2, 0) is 6.42 Å². The van der Waals surface area contributed by atoms with Crippen molar-refractivity contribution in [1.29, 1.82) is 0 Å². The van der Waals surface area contributed by atoms with E-state index in [0.717, 1.165) is 16.9 Å². The summed E-state index contributed by atoms with van der Waals surface area (Å²) in [6, 6.07) is 8.19. The second-order valence-electron chi connectivity index (χ2n) is 4.76. The van der Waals surface area contributed by atoms with Gasteiger partial charge in [-0.05, 0) is 37.1 Å². The number of hydrogen-bond donors (Lipinski definition) is 2. The zero-order valence-electron chi connectivity index (χ0n) is 12.1. The van der Waals surface area contributed by atoms with Crippen molar-refractivity contribution in [2.45, 2.75) is 13.3 Å². The first-order chi connectivity index (χ1) is 10.1. The second kappa shape index (κ2) is 6.83. The van der Waals surface area contributed by atoms with Crippen LogP contribution in [0.15, 0.2) is 36.5 Å². The summed E-state index contributed by atoms with van der Waals surface area (Å²) in [5.41, 5.74) is 2.94. The Morgan fingerprint density at radius 2 is 2.14 bits per heavy atom. The third kappa shape index (κ3) is 4.02. The number of halogens is 1. The summed E-state index contributed by atoms with van der Waals surface area (Å²) in [5.74, 6) is -0.456. The van der Waals surface area contributed by atoms with Crippen molar-refractivity contribution < 1.29 is 9.18 Å². The molecule has 0 bridgehead atoms. The van der Waals surface area contributed by atoms with Crippen molar-refractivity contribution in [3.63, 3.8) is 0 Å². The summed E-state index contributed by atoms with van der Waals surface area (Å²) in [6.07, 6.45) is 2.14. The summed E-state index contributed by atoms with van der Waals surface area (Å²) < 4.78 is 13.1. The lowest BCUT2D eigenvalue weighted by atomic mass is 10.1. The molecule has 110 valence electrons. The minimum Gasteiger partial charge on any atom is -0.387 e. The van der Waals surface area contributed by atoms with Crippen LogP contribution in [-0.4, -0.2) is 24.5 Å². The van der Waals surface area contributed by atoms with Crippen LogP contribution in [0.4, 0.5) is 10.1 Å². The number of rotatable bonds is 5. The minimum atomic E-state index is -0.265. The van der Waals surface area contributed by atoms with Crippen molar-refractivity contribution in [3.8, 4) is 0 Å². The molecule has 0 spiro atoms. The number of benzene rings is 1. The van der Waals surface area contributed by atoms with Gasteiger partial charge in [-0.25, -0.2) is 4.39 Å². The van der Waals surface area contributed by atoms with Crippen LogP contribution in [0.2, 0.25) is 0 Å². The molecule has 0 saturated carbocycles. The molecular weight excluding hydrogens is 269 g/mol. The fourth-order valence-electron chi connectivity index (χ4n) is 2.06. The zero-order chi connectivity index (χ0) is 15.2. The van der Waals surface area contributed by atoms with Crippen molar-refractivity contribution in [3.05, 3.63) is 59.2 Å². The molecule has 0 aliphatic rings. The maximum atomic E-state index is 13.1. The molecule has 1 amide bonds. The first kappa shape index (κ1) is 15.0. The Morgan fingerprint density at radius 1 is 1.33 bits per heavy atom.